The van der Waals surface area contributed by atoms with Crippen molar-refractivity contribution in [1.82, 2.24) is 9.66 Å². The molecule has 2 heterocycles. The minimum atomic E-state index is -0.540. The Morgan fingerprint density at radius 2 is 1.78 bits per heavy atom. The summed E-state index contributed by atoms with van der Waals surface area (Å²) in [6.07, 6.45) is 1.34. The van der Waals surface area contributed by atoms with Gasteiger partial charge < -0.3 is 18.6 Å². The molecule has 226 valence electrons. The highest BCUT2D eigenvalue weighted by atomic mass is 16.6. The van der Waals surface area contributed by atoms with Gasteiger partial charge in [0.1, 0.15) is 17.9 Å². The number of furan rings is 1. The van der Waals surface area contributed by atoms with Gasteiger partial charge in [-0.1, -0.05) is 48.0 Å². The number of rotatable bonds is 10. The molecule has 0 fully saturated rings. The molecule has 2 aromatic heterocycles. The van der Waals surface area contributed by atoms with Crippen molar-refractivity contribution in [3.8, 4) is 28.8 Å². The molecule has 0 aliphatic rings. The van der Waals surface area contributed by atoms with E-state index in [1.807, 2.05) is 31.2 Å². The van der Waals surface area contributed by atoms with Crippen LogP contribution in [0, 0.1) is 17.0 Å². The summed E-state index contributed by atoms with van der Waals surface area (Å²) in [6, 6.07) is 24.6. The van der Waals surface area contributed by atoms with Crippen molar-refractivity contribution < 1.29 is 23.6 Å². The van der Waals surface area contributed by atoms with E-state index in [-0.39, 0.29) is 42.0 Å². The highest BCUT2D eigenvalue weighted by molar-refractivity contribution is 5.89. The van der Waals surface area contributed by atoms with Gasteiger partial charge in [-0.05, 0) is 55.8 Å². The third-order valence-corrected chi connectivity index (χ3v) is 7.10. The van der Waals surface area contributed by atoms with Gasteiger partial charge in [-0.25, -0.2) is 4.98 Å². The molecule has 0 saturated heterocycles. The molecule has 11 heteroatoms. The number of aromatic nitrogens is 2. The van der Waals surface area contributed by atoms with Crippen LogP contribution in [0.4, 0.5) is 5.69 Å². The number of fused-ring (bicyclic) bond motifs is 2. The standard InChI is InChI=1S/C34H28N4O7/c1-4-43-30-17-23(16-27(38(40)41)32(30)44-20-22-14-12-21(2)13-15-22)19-35-37-33(36-26-9-6-5-8-24(26)34(37)39)31-18-25-28(42-3)10-7-11-29(25)45-31/h5-19H,4,20H2,1-3H3. The molecular weight excluding hydrogens is 576 g/mol. The first-order valence-corrected chi connectivity index (χ1v) is 14.1. The molecule has 0 N–H and O–H groups in total. The molecule has 45 heavy (non-hydrogen) atoms. The van der Waals surface area contributed by atoms with Crippen molar-refractivity contribution in [2.45, 2.75) is 20.5 Å². The van der Waals surface area contributed by atoms with Crippen LogP contribution in [-0.2, 0) is 6.61 Å². The van der Waals surface area contributed by atoms with Crippen molar-refractivity contribution in [3.05, 3.63) is 122 Å². The fraction of sp³-hybridized carbons (Fsp3) is 0.147. The molecule has 0 aliphatic carbocycles. The molecule has 0 aliphatic heterocycles. The molecule has 0 spiro atoms. The Kier molecular flexibility index (Phi) is 7.98. The van der Waals surface area contributed by atoms with Gasteiger partial charge >= 0.3 is 5.69 Å². The molecular formula is C34H28N4O7. The topological polar surface area (TPSA) is 131 Å². The van der Waals surface area contributed by atoms with E-state index in [1.54, 1.807) is 68.6 Å². The first-order valence-electron chi connectivity index (χ1n) is 14.1. The van der Waals surface area contributed by atoms with Gasteiger partial charge in [-0.2, -0.15) is 9.78 Å². The van der Waals surface area contributed by atoms with Crippen molar-refractivity contribution in [2.24, 2.45) is 5.10 Å². The van der Waals surface area contributed by atoms with E-state index < -0.39 is 10.5 Å². The maximum atomic E-state index is 13.7. The predicted molar refractivity (Wildman–Crippen MR) is 171 cm³/mol. The summed E-state index contributed by atoms with van der Waals surface area (Å²) in [5.74, 6) is 1.21. The first-order chi connectivity index (χ1) is 21.9. The Bertz CT molecular complexity index is 2130. The first kappa shape index (κ1) is 29.1. The molecule has 6 aromatic rings. The van der Waals surface area contributed by atoms with E-state index in [0.29, 0.717) is 33.2 Å². The van der Waals surface area contributed by atoms with Gasteiger partial charge in [0.25, 0.3) is 5.56 Å². The number of aryl methyl sites for hydroxylation is 1. The zero-order valence-corrected chi connectivity index (χ0v) is 24.7. The maximum absolute atomic E-state index is 13.7. The van der Waals surface area contributed by atoms with Crippen LogP contribution < -0.4 is 19.8 Å². The largest absolute Gasteiger partial charge is 0.496 e. The van der Waals surface area contributed by atoms with E-state index >= 15 is 0 Å². The average molecular weight is 605 g/mol. The Balaban J connectivity index is 1.45. The molecule has 6 rings (SSSR count). The zero-order valence-electron chi connectivity index (χ0n) is 24.7. The molecule has 11 nitrogen and oxygen atoms in total. The third-order valence-electron chi connectivity index (χ3n) is 7.10. The lowest BCUT2D eigenvalue weighted by molar-refractivity contribution is -0.386. The van der Waals surface area contributed by atoms with E-state index in [0.717, 1.165) is 15.8 Å². The van der Waals surface area contributed by atoms with Crippen LogP contribution in [0.5, 0.6) is 17.2 Å². The van der Waals surface area contributed by atoms with Gasteiger partial charge in [0.15, 0.2) is 11.5 Å². The van der Waals surface area contributed by atoms with E-state index in [2.05, 4.69) is 5.10 Å². The second kappa shape index (κ2) is 12.3. The Labute approximate surface area is 257 Å². The third kappa shape index (κ3) is 5.83. The second-order valence-corrected chi connectivity index (χ2v) is 10.1. The molecule has 0 unspecified atom stereocenters. The van der Waals surface area contributed by atoms with Crippen LogP contribution in [0.1, 0.15) is 23.6 Å². The Morgan fingerprint density at radius 3 is 2.53 bits per heavy atom. The van der Waals surface area contributed by atoms with Crippen LogP contribution in [0.25, 0.3) is 33.5 Å². The fourth-order valence-electron chi connectivity index (χ4n) is 4.90. The van der Waals surface area contributed by atoms with Crippen LogP contribution in [0.15, 0.2) is 99.2 Å². The van der Waals surface area contributed by atoms with Gasteiger partial charge in [0, 0.05) is 11.6 Å². The Morgan fingerprint density at radius 1 is 0.978 bits per heavy atom. The number of nitrogens with zero attached hydrogens (tertiary/aromatic N) is 4. The van der Waals surface area contributed by atoms with Crippen molar-refractivity contribution in [3.63, 3.8) is 0 Å². The quantitative estimate of drug-likeness (QED) is 0.0938. The molecule has 4 aromatic carbocycles. The van der Waals surface area contributed by atoms with Crippen LogP contribution in [-0.4, -0.2) is 34.5 Å². The van der Waals surface area contributed by atoms with E-state index in [1.165, 1.54) is 12.3 Å². The average Bonchev–Trinajstić information content (AvgIpc) is 3.49. The lowest BCUT2D eigenvalue weighted by Crippen LogP contribution is -2.20. The van der Waals surface area contributed by atoms with Crippen LogP contribution in [0.2, 0.25) is 0 Å². The number of methoxy groups -OCH3 is 1. The van der Waals surface area contributed by atoms with Crippen LogP contribution in [0.3, 0.4) is 0 Å². The lowest BCUT2D eigenvalue weighted by Gasteiger charge is -2.13. The number of para-hydroxylation sites is 1. The highest BCUT2D eigenvalue weighted by Crippen LogP contribution is 2.39. The van der Waals surface area contributed by atoms with Gasteiger partial charge in [-0.15, -0.1) is 0 Å². The van der Waals surface area contributed by atoms with Gasteiger partial charge in [0.2, 0.25) is 11.6 Å². The minimum absolute atomic E-state index is 0.000950. The second-order valence-electron chi connectivity index (χ2n) is 10.1. The summed E-state index contributed by atoms with van der Waals surface area (Å²) in [5, 5.41) is 17.7. The summed E-state index contributed by atoms with van der Waals surface area (Å²) in [6.45, 7) is 4.10. The Hall–Kier alpha value is -5.97. The number of nitro groups is 1. The normalized spacial score (nSPS) is 11.4. The molecule has 0 radical (unpaired) electrons. The summed E-state index contributed by atoms with van der Waals surface area (Å²) in [7, 11) is 1.56. The summed E-state index contributed by atoms with van der Waals surface area (Å²) in [4.78, 5) is 30.0. The predicted octanol–water partition coefficient (Wildman–Crippen LogP) is 6.89. The smallest absolute Gasteiger partial charge is 0.315 e. The number of hydrogen-bond acceptors (Lipinski definition) is 9. The SMILES string of the molecule is CCOc1cc(C=Nn2c(-c3cc4c(OC)cccc4o3)nc3ccccc3c2=O)cc([N+](=O)[O-])c1OCc1ccc(C)cc1. The van der Waals surface area contributed by atoms with Crippen molar-refractivity contribution >= 4 is 33.8 Å². The van der Waals surface area contributed by atoms with E-state index in [9.17, 15) is 14.9 Å². The maximum Gasteiger partial charge on any atom is 0.315 e. The van der Waals surface area contributed by atoms with Gasteiger partial charge in [0.05, 0.1) is 41.1 Å². The summed E-state index contributed by atoms with van der Waals surface area (Å²) in [5.41, 5.74) is 2.50. The number of benzene rings is 4. The zero-order chi connectivity index (χ0) is 31.5. The lowest BCUT2D eigenvalue weighted by atomic mass is 10.1. The monoisotopic (exact) mass is 604 g/mol. The van der Waals surface area contributed by atoms with Crippen LogP contribution >= 0.6 is 0 Å². The van der Waals surface area contributed by atoms with Crippen molar-refractivity contribution in [1.29, 1.82) is 0 Å². The molecule has 0 bridgehead atoms. The molecule has 0 amide bonds. The summed E-state index contributed by atoms with van der Waals surface area (Å²) < 4.78 is 24.3. The van der Waals surface area contributed by atoms with Gasteiger partial charge in [-0.3, -0.25) is 14.9 Å². The number of ether oxygens (including phenoxy) is 3. The molecule has 0 atom stereocenters. The summed E-state index contributed by atoms with van der Waals surface area (Å²) >= 11 is 0. The number of nitro benzene ring substituents is 1. The van der Waals surface area contributed by atoms with E-state index in [4.69, 9.17) is 23.6 Å². The highest BCUT2D eigenvalue weighted by Gasteiger charge is 2.23. The molecule has 0 saturated carbocycles. The van der Waals surface area contributed by atoms with Crippen molar-refractivity contribution in [2.75, 3.05) is 13.7 Å². The fourth-order valence-corrected chi connectivity index (χ4v) is 4.90. The minimum Gasteiger partial charge on any atom is -0.496 e. The number of hydrogen-bond donors (Lipinski definition) is 0.